The minimum atomic E-state index is 0.0957. The molecule has 15 heavy (non-hydrogen) atoms. The smallest absolute Gasteiger partial charge is 0.146 e. The number of hydrogen-bond donors (Lipinski definition) is 2. The summed E-state index contributed by atoms with van der Waals surface area (Å²) in [5.74, 6) is 0.509. The van der Waals surface area contributed by atoms with Gasteiger partial charge in [0.2, 0.25) is 0 Å². The van der Waals surface area contributed by atoms with Crippen LogP contribution in [0.3, 0.4) is 0 Å². The zero-order chi connectivity index (χ0) is 10.5. The Morgan fingerprint density at radius 2 is 2.47 bits per heavy atom. The Morgan fingerprint density at radius 1 is 1.53 bits per heavy atom. The number of nitrogens with two attached hydrogens (primary N) is 1. The average molecular weight is 209 g/mol. The number of nitrogen functional groups attached to an aromatic ring is 1. The van der Waals surface area contributed by atoms with Crippen LogP contribution < -0.4 is 11.1 Å². The van der Waals surface area contributed by atoms with Gasteiger partial charge in [-0.1, -0.05) is 0 Å². The van der Waals surface area contributed by atoms with Crippen LogP contribution in [-0.4, -0.2) is 37.5 Å². The van der Waals surface area contributed by atoms with Crippen LogP contribution >= 0.6 is 0 Å². The molecule has 1 aromatic heterocycles. The molecule has 1 aromatic rings. The third-order valence-corrected chi connectivity index (χ3v) is 2.24. The lowest BCUT2D eigenvalue weighted by atomic mass is 10.3. The fourth-order valence-electron chi connectivity index (χ4n) is 1.45. The van der Waals surface area contributed by atoms with E-state index in [2.05, 4.69) is 10.3 Å². The maximum Gasteiger partial charge on any atom is 0.146 e. The van der Waals surface area contributed by atoms with Gasteiger partial charge in [-0.3, -0.25) is 0 Å². The lowest BCUT2D eigenvalue weighted by Gasteiger charge is -2.23. The first kappa shape index (κ1) is 10.2. The molecule has 0 saturated carbocycles. The van der Waals surface area contributed by atoms with Gasteiger partial charge >= 0.3 is 0 Å². The monoisotopic (exact) mass is 209 g/mol. The highest BCUT2D eigenvalue weighted by Gasteiger charge is 2.14. The fraction of sp³-hybridized carbons (Fsp3) is 0.500. The molecule has 1 aliphatic heterocycles. The van der Waals surface area contributed by atoms with Gasteiger partial charge in [0, 0.05) is 12.7 Å². The third-order valence-electron chi connectivity index (χ3n) is 2.24. The number of nitrogens with one attached hydrogen (secondary N) is 1. The average Bonchev–Trinajstić information content (AvgIpc) is 2.29. The van der Waals surface area contributed by atoms with Crippen LogP contribution in [-0.2, 0) is 9.47 Å². The number of ether oxygens (including phenoxy) is 2. The van der Waals surface area contributed by atoms with E-state index in [1.807, 2.05) is 12.1 Å². The summed E-state index contributed by atoms with van der Waals surface area (Å²) >= 11 is 0. The summed E-state index contributed by atoms with van der Waals surface area (Å²) in [7, 11) is 0. The van der Waals surface area contributed by atoms with Gasteiger partial charge in [0.1, 0.15) is 5.82 Å². The van der Waals surface area contributed by atoms with E-state index in [1.54, 1.807) is 6.20 Å². The van der Waals surface area contributed by atoms with Crippen LogP contribution in [0.1, 0.15) is 0 Å². The topological polar surface area (TPSA) is 69.4 Å². The zero-order valence-electron chi connectivity index (χ0n) is 8.48. The molecular formula is C10H15N3O2. The molecule has 0 spiro atoms. The molecule has 0 aromatic carbocycles. The molecule has 0 bridgehead atoms. The molecule has 5 heteroatoms. The normalized spacial score (nSPS) is 21.2. The minimum absolute atomic E-state index is 0.0957. The molecule has 1 fully saturated rings. The van der Waals surface area contributed by atoms with E-state index in [1.165, 1.54) is 0 Å². The van der Waals surface area contributed by atoms with Gasteiger partial charge in [-0.2, -0.15) is 0 Å². The molecule has 2 heterocycles. The molecular weight excluding hydrogens is 194 g/mol. The first-order valence-corrected chi connectivity index (χ1v) is 5.00. The predicted molar refractivity (Wildman–Crippen MR) is 57.7 cm³/mol. The summed E-state index contributed by atoms with van der Waals surface area (Å²) in [6, 6.07) is 3.74. The molecule has 1 saturated heterocycles. The van der Waals surface area contributed by atoms with Gasteiger partial charge in [0.25, 0.3) is 0 Å². The summed E-state index contributed by atoms with van der Waals surface area (Å²) in [5.41, 5.74) is 6.53. The van der Waals surface area contributed by atoms with Crippen molar-refractivity contribution in [2.45, 2.75) is 6.10 Å². The fourth-order valence-corrected chi connectivity index (χ4v) is 1.45. The van der Waals surface area contributed by atoms with Crippen LogP contribution in [0.4, 0.5) is 11.5 Å². The van der Waals surface area contributed by atoms with Crippen molar-refractivity contribution in [3.05, 3.63) is 18.3 Å². The number of nitrogens with zero attached hydrogens (tertiary/aromatic N) is 1. The van der Waals surface area contributed by atoms with E-state index in [9.17, 15) is 0 Å². The number of anilines is 2. The second kappa shape index (κ2) is 4.95. The predicted octanol–water partition coefficient (Wildman–Crippen LogP) is 0.491. The number of rotatable bonds is 3. The van der Waals surface area contributed by atoms with E-state index in [0.29, 0.717) is 32.2 Å². The molecule has 1 aliphatic rings. The van der Waals surface area contributed by atoms with Crippen molar-refractivity contribution in [2.24, 2.45) is 0 Å². The van der Waals surface area contributed by atoms with E-state index < -0.39 is 0 Å². The maximum atomic E-state index is 5.69. The molecule has 3 N–H and O–H groups in total. The summed E-state index contributed by atoms with van der Waals surface area (Å²) in [6.45, 7) is 2.67. The van der Waals surface area contributed by atoms with Crippen molar-refractivity contribution in [3.63, 3.8) is 0 Å². The number of aromatic nitrogens is 1. The van der Waals surface area contributed by atoms with Crippen molar-refractivity contribution in [1.29, 1.82) is 0 Å². The van der Waals surface area contributed by atoms with Crippen LogP contribution in [0.15, 0.2) is 18.3 Å². The Hall–Kier alpha value is -1.33. The van der Waals surface area contributed by atoms with Gasteiger partial charge in [0.15, 0.2) is 0 Å². The molecule has 82 valence electrons. The van der Waals surface area contributed by atoms with Crippen molar-refractivity contribution in [3.8, 4) is 0 Å². The lowest BCUT2D eigenvalue weighted by Crippen LogP contribution is -2.34. The van der Waals surface area contributed by atoms with E-state index in [-0.39, 0.29) is 6.10 Å². The van der Waals surface area contributed by atoms with E-state index in [0.717, 1.165) is 5.69 Å². The Bertz CT molecular complexity index is 313. The zero-order valence-corrected chi connectivity index (χ0v) is 8.48. The number of hydrogen-bond acceptors (Lipinski definition) is 5. The van der Waals surface area contributed by atoms with Gasteiger partial charge in [0.05, 0.1) is 31.6 Å². The standard InChI is InChI=1S/C10H15N3O2/c11-10-9(2-1-3-12-10)13-6-8-7-14-4-5-15-8/h1-3,8,13H,4-7H2,(H2,11,12). The Kier molecular flexibility index (Phi) is 3.37. The highest BCUT2D eigenvalue weighted by atomic mass is 16.6. The molecule has 0 radical (unpaired) electrons. The van der Waals surface area contributed by atoms with Crippen LogP contribution in [0.25, 0.3) is 0 Å². The molecule has 5 nitrogen and oxygen atoms in total. The molecule has 1 unspecified atom stereocenters. The SMILES string of the molecule is Nc1ncccc1NCC1COCCO1. The molecule has 0 aliphatic carbocycles. The van der Waals surface area contributed by atoms with Crippen LogP contribution in [0.2, 0.25) is 0 Å². The maximum absolute atomic E-state index is 5.69. The highest BCUT2D eigenvalue weighted by Crippen LogP contribution is 2.14. The highest BCUT2D eigenvalue weighted by molar-refractivity contribution is 5.60. The van der Waals surface area contributed by atoms with Crippen LogP contribution in [0, 0.1) is 0 Å². The van der Waals surface area contributed by atoms with Crippen LogP contribution in [0.5, 0.6) is 0 Å². The summed E-state index contributed by atoms with van der Waals surface area (Å²) < 4.78 is 10.8. The molecule has 1 atom stereocenters. The first-order valence-electron chi connectivity index (χ1n) is 5.00. The van der Waals surface area contributed by atoms with E-state index >= 15 is 0 Å². The van der Waals surface area contributed by atoms with Crippen molar-refractivity contribution in [1.82, 2.24) is 4.98 Å². The van der Waals surface area contributed by atoms with Gasteiger partial charge < -0.3 is 20.5 Å². The first-order chi connectivity index (χ1) is 7.36. The Labute approximate surface area is 88.6 Å². The summed E-state index contributed by atoms with van der Waals surface area (Å²) in [5, 5.41) is 3.19. The van der Waals surface area contributed by atoms with Gasteiger partial charge in [-0.05, 0) is 12.1 Å². The van der Waals surface area contributed by atoms with Crippen molar-refractivity contribution < 1.29 is 9.47 Å². The Balaban J connectivity index is 1.84. The van der Waals surface area contributed by atoms with Crippen molar-refractivity contribution in [2.75, 3.05) is 37.4 Å². The van der Waals surface area contributed by atoms with E-state index in [4.69, 9.17) is 15.2 Å². The number of pyridine rings is 1. The quantitative estimate of drug-likeness (QED) is 0.758. The largest absolute Gasteiger partial charge is 0.382 e. The third kappa shape index (κ3) is 2.81. The van der Waals surface area contributed by atoms with Gasteiger partial charge in [-0.15, -0.1) is 0 Å². The second-order valence-electron chi connectivity index (χ2n) is 3.38. The van der Waals surface area contributed by atoms with Gasteiger partial charge in [-0.25, -0.2) is 4.98 Å². The minimum Gasteiger partial charge on any atom is -0.382 e. The molecule has 2 rings (SSSR count). The Morgan fingerprint density at radius 3 is 3.20 bits per heavy atom. The lowest BCUT2D eigenvalue weighted by molar-refractivity contribution is -0.0818. The molecule has 0 amide bonds. The summed E-state index contributed by atoms with van der Waals surface area (Å²) in [6.07, 6.45) is 1.76. The second-order valence-corrected chi connectivity index (χ2v) is 3.38. The summed E-state index contributed by atoms with van der Waals surface area (Å²) in [4.78, 5) is 3.99. The van der Waals surface area contributed by atoms with Crippen molar-refractivity contribution >= 4 is 11.5 Å².